The van der Waals surface area contributed by atoms with Crippen molar-refractivity contribution in [2.45, 2.75) is 12.2 Å². The maximum absolute atomic E-state index is 12.0. The maximum Gasteiger partial charge on any atom is 0.334 e. The molecule has 2 aliphatic carbocycles. The third-order valence-corrected chi connectivity index (χ3v) is 3.68. The van der Waals surface area contributed by atoms with Crippen molar-refractivity contribution in [2.24, 2.45) is 11.8 Å². The number of ether oxygens (including phenoxy) is 2. The zero-order chi connectivity index (χ0) is 13.2. The van der Waals surface area contributed by atoms with Gasteiger partial charge in [-0.25, -0.2) is 4.79 Å². The van der Waals surface area contributed by atoms with Crippen LogP contribution in [0.15, 0.2) is 60.3 Å². The van der Waals surface area contributed by atoms with Crippen molar-refractivity contribution < 1.29 is 14.3 Å². The Morgan fingerprint density at radius 3 is 2.53 bits per heavy atom. The quantitative estimate of drug-likeness (QED) is 0.675. The number of hydrogen-bond acceptors (Lipinski definition) is 3. The molecule has 4 atom stereocenters. The minimum Gasteiger partial charge on any atom is -0.466 e. The molecule has 0 saturated heterocycles. The summed E-state index contributed by atoms with van der Waals surface area (Å²) in [7, 11) is 1.42. The SMILES string of the molecule is COC(=O)C1=CC2C=CC=CC2OC2C=CC=CC12. The Bertz CT molecular complexity index is 522. The molecule has 0 radical (unpaired) electrons. The fraction of sp³-hybridized carbons (Fsp3) is 0.312. The van der Waals surface area contributed by atoms with Gasteiger partial charge in [-0.2, -0.15) is 0 Å². The lowest BCUT2D eigenvalue weighted by molar-refractivity contribution is -0.137. The van der Waals surface area contributed by atoms with Gasteiger partial charge in [-0.15, -0.1) is 0 Å². The van der Waals surface area contributed by atoms with E-state index in [0.717, 1.165) is 0 Å². The second-order valence-electron chi connectivity index (χ2n) is 4.82. The Hall–Kier alpha value is -1.87. The number of fused-ring (bicyclic) bond motifs is 2. The number of rotatable bonds is 1. The lowest BCUT2D eigenvalue weighted by Gasteiger charge is -2.27. The van der Waals surface area contributed by atoms with Gasteiger partial charge in [0, 0.05) is 17.4 Å². The first-order chi connectivity index (χ1) is 9.29. The average molecular weight is 256 g/mol. The Balaban J connectivity index is 2.02. The number of carbonyl (C=O) groups is 1. The molecule has 0 N–H and O–H groups in total. The highest BCUT2D eigenvalue weighted by molar-refractivity contribution is 5.90. The molecule has 0 bridgehead atoms. The van der Waals surface area contributed by atoms with Crippen LogP contribution in [0.2, 0.25) is 0 Å². The molecule has 3 heteroatoms. The lowest BCUT2D eigenvalue weighted by atomic mass is 9.88. The number of allylic oxidation sites excluding steroid dienone is 4. The monoisotopic (exact) mass is 256 g/mol. The van der Waals surface area contributed by atoms with E-state index in [2.05, 4.69) is 6.08 Å². The van der Waals surface area contributed by atoms with Crippen molar-refractivity contribution in [3.05, 3.63) is 60.3 Å². The molecule has 3 nitrogen and oxygen atoms in total. The molecule has 0 saturated carbocycles. The fourth-order valence-corrected chi connectivity index (χ4v) is 2.71. The van der Waals surface area contributed by atoms with Gasteiger partial charge in [0.05, 0.1) is 19.3 Å². The minimum atomic E-state index is -0.276. The van der Waals surface area contributed by atoms with Gasteiger partial charge in [0.1, 0.15) is 0 Å². The molecule has 1 aliphatic heterocycles. The first-order valence-electron chi connectivity index (χ1n) is 6.45. The van der Waals surface area contributed by atoms with Gasteiger partial charge in [-0.05, 0) is 0 Å². The number of hydrogen-bond donors (Lipinski definition) is 0. The molecule has 3 rings (SSSR count). The molecule has 0 aromatic carbocycles. The number of methoxy groups -OCH3 is 1. The van der Waals surface area contributed by atoms with Crippen LogP contribution in [0.25, 0.3) is 0 Å². The second kappa shape index (κ2) is 5.02. The number of esters is 1. The zero-order valence-electron chi connectivity index (χ0n) is 10.7. The van der Waals surface area contributed by atoms with E-state index in [9.17, 15) is 4.79 Å². The average Bonchev–Trinajstić information content (AvgIpc) is 2.62. The predicted molar refractivity (Wildman–Crippen MR) is 72.3 cm³/mol. The summed E-state index contributed by atoms with van der Waals surface area (Å²) in [6, 6.07) is 0. The molecule has 19 heavy (non-hydrogen) atoms. The van der Waals surface area contributed by atoms with Crippen molar-refractivity contribution in [3.63, 3.8) is 0 Å². The molecular formula is C16H16O3. The molecular weight excluding hydrogens is 240 g/mol. The highest BCUT2D eigenvalue weighted by Crippen LogP contribution is 2.34. The predicted octanol–water partition coefficient (Wildman–Crippen LogP) is 2.34. The van der Waals surface area contributed by atoms with Gasteiger partial charge in [0.2, 0.25) is 0 Å². The normalized spacial score (nSPS) is 35.1. The smallest absolute Gasteiger partial charge is 0.334 e. The Kier molecular flexibility index (Phi) is 3.22. The van der Waals surface area contributed by atoms with Gasteiger partial charge in [-0.1, -0.05) is 54.7 Å². The van der Waals surface area contributed by atoms with Gasteiger partial charge in [0.15, 0.2) is 0 Å². The molecule has 0 aromatic rings. The first kappa shape index (κ1) is 12.2. The van der Waals surface area contributed by atoms with Crippen LogP contribution in [-0.4, -0.2) is 25.3 Å². The summed E-state index contributed by atoms with van der Waals surface area (Å²) in [4.78, 5) is 12.0. The largest absolute Gasteiger partial charge is 0.466 e. The highest BCUT2D eigenvalue weighted by atomic mass is 16.5. The molecule has 0 fully saturated rings. The molecule has 3 aliphatic rings. The lowest BCUT2D eigenvalue weighted by Crippen LogP contribution is -2.29. The van der Waals surface area contributed by atoms with E-state index in [4.69, 9.17) is 9.47 Å². The Labute approximate surface area is 112 Å². The molecule has 1 heterocycles. The van der Waals surface area contributed by atoms with Crippen LogP contribution in [0.5, 0.6) is 0 Å². The van der Waals surface area contributed by atoms with Gasteiger partial charge in [-0.3, -0.25) is 0 Å². The second-order valence-corrected chi connectivity index (χ2v) is 4.82. The van der Waals surface area contributed by atoms with Crippen molar-refractivity contribution in [2.75, 3.05) is 7.11 Å². The molecule has 4 unspecified atom stereocenters. The third kappa shape index (κ3) is 2.22. The van der Waals surface area contributed by atoms with Crippen molar-refractivity contribution in [1.29, 1.82) is 0 Å². The summed E-state index contributed by atoms with van der Waals surface area (Å²) in [5, 5.41) is 0. The van der Waals surface area contributed by atoms with E-state index in [1.807, 2.05) is 48.6 Å². The van der Waals surface area contributed by atoms with Crippen LogP contribution in [-0.2, 0) is 14.3 Å². The van der Waals surface area contributed by atoms with Crippen LogP contribution < -0.4 is 0 Å². The van der Waals surface area contributed by atoms with E-state index in [1.165, 1.54) is 7.11 Å². The van der Waals surface area contributed by atoms with Crippen LogP contribution in [0, 0.1) is 11.8 Å². The van der Waals surface area contributed by atoms with Crippen molar-refractivity contribution in [1.82, 2.24) is 0 Å². The third-order valence-electron chi connectivity index (χ3n) is 3.68. The standard InChI is InChI=1S/C16H16O3/c1-18-16(17)13-10-11-6-2-4-8-14(11)19-15-9-5-3-7-12(13)15/h2-12,14-15H,1H3. The maximum atomic E-state index is 12.0. The minimum absolute atomic E-state index is 0.0178. The summed E-state index contributed by atoms with van der Waals surface area (Å²) in [5.41, 5.74) is 0.681. The summed E-state index contributed by atoms with van der Waals surface area (Å²) >= 11 is 0. The summed E-state index contributed by atoms with van der Waals surface area (Å²) in [5.74, 6) is -0.251. The molecule has 0 amide bonds. The van der Waals surface area contributed by atoms with E-state index in [-0.39, 0.29) is 30.0 Å². The number of carbonyl (C=O) groups excluding carboxylic acids is 1. The Morgan fingerprint density at radius 1 is 1.05 bits per heavy atom. The highest BCUT2D eigenvalue weighted by Gasteiger charge is 2.35. The van der Waals surface area contributed by atoms with Crippen LogP contribution in [0.1, 0.15) is 0 Å². The van der Waals surface area contributed by atoms with Gasteiger partial charge in [0.25, 0.3) is 0 Å². The molecule has 98 valence electrons. The Morgan fingerprint density at radius 2 is 1.74 bits per heavy atom. The van der Waals surface area contributed by atoms with Gasteiger partial charge >= 0.3 is 5.97 Å². The first-order valence-corrected chi connectivity index (χ1v) is 6.45. The van der Waals surface area contributed by atoms with E-state index in [0.29, 0.717) is 5.57 Å². The van der Waals surface area contributed by atoms with Gasteiger partial charge < -0.3 is 9.47 Å². The van der Waals surface area contributed by atoms with E-state index < -0.39 is 0 Å². The van der Waals surface area contributed by atoms with Crippen LogP contribution >= 0.6 is 0 Å². The van der Waals surface area contributed by atoms with E-state index >= 15 is 0 Å². The molecule has 0 spiro atoms. The van der Waals surface area contributed by atoms with Crippen LogP contribution in [0.4, 0.5) is 0 Å². The summed E-state index contributed by atoms with van der Waals surface area (Å²) in [6.07, 6.45) is 17.8. The van der Waals surface area contributed by atoms with Crippen molar-refractivity contribution in [3.8, 4) is 0 Å². The summed E-state index contributed by atoms with van der Waals surface area (Å²) in [6.45, 7) is 0. The zero-order valence-corrected chi connectivity index (χ0v) is 10.7. The molecule has 0 aromatic heterocycles. The van der Waals surface area contributed by atoms with E-state index in [1.54, 1.807) is 0 Å². The van der Waals surface area contributed by atoms with Crippen LogP contribution in [0.3, 0.4) is 0 Å². The summed E-state index contributed by atoms with van der Waals surface area (Å²) < 4.78 is 11.0. The fourth-order valence-electron chi connectivity index (χ4n) is 2.71. The topological polar surface area (TPSA) is 35.5 Å². The van der Waals surface area contributed by atoms with Crippen molar-refractivity contribution >= 4 is 5.97 Å².